The highest BCUT2D eigenvalue weighted by molar-refractivity contribution is 6.05. The molecule has 0 atom stereocenters. The van der Waals surface area contributed by atoms with E-state index in [0.29, 0.717) is 22.6 Å². The molecule has 0 spiro atoms. The van der Waals surface area contributed by atoms with Gasteiger partial charge in [-0.25, -0.2) is 4.68 Å². The van der Waals surface area contributed by atoms with Crippen molar-refractivity contribution in [2.75, 3.05) is 5.32 Å². The van der Waals surface area contributed by atoms with Crippen molar-refractivity contribution >= 4 is 11.6 Å². The second-order valence-corrected chi connectivity index (χ2v) is 8.52. The molecule has 36 heavy (non-hydrogen) atoms. The molecule has 2 heterocycles. The van der Waals surface area contributed by atoms with Gasteiger partial charge >= 0.3 is 6.18 Å². The molecule has 0 saturated carbocycles. The lowest BCUT2D eigenvalue weighted by molar-refractivity contribution is -0.137. The summed E-state index contributed by atoms with van der Waals surface area (Å²) < 4.78 is 46.1. The summed E-state index contributed by atoms with van der Waals surface area (Å²) in [7, 11) is 0. The number of benzene rings is 2. The fraction of sp³-hybridized carbons (Fsp3) is 0.240. The van der Waals surface area contributed by atoms with Crippen LogP contribution < -0.4 is 10.7 Å². The summed E-state index contributed by atoms with van der Waals surface area (Å²) in [5.41, 5.74) is -0.267. The zero-order valence-electron chi connectivity index (χ0n) is 19.8. The number of nitrogens with one attached hydrogen (secondary N) is 1. The van der Waals surface area contributed by atoms with Gasteiger partial charge in [0, 0.05) is 17.7 Å². The third-order valence-corrected chi connectivity index (χ3v) is 5.44. The monoisotopic (exact) mass is 497 g/mol. The Morgan fingerprint density at radius 1 is 1.08 bits per heavy atom. The molecule has 1 N–H and O–H groups in total. The molecule has 186 valence electrons. The van der Waals surface area contributed by atoms with E-state index in [1.807, 2.05) is 13.8 Å². The number of rotatable bonds is 5. The minimum atomic E-state index is -4.56. The third-order valence-electron chi connectivity index (χ3n) is 5.44. The quantitative estimate of drug-likeness (QED) is 0.402. The minimum Gasteiger partial charge on any atom is -0.334 e. The molecule has 2 aromatic heterocycles. The van der Waals surface area contributed by atoms with Crippen LogP contribution in [0.1, 0.15) is 52.9 Å². The fourth-order valence-electron chi connectivity index (χ4n) is 3.54. The molecule has 0 unspecified atom stereocenters. The Balaban J connectivity index is 1.74. The van der Waals surface area contributed by atoms with Gasteiger partial charge in [-0.05, 0) is 43.7 Å². The second kappa shape index (κ2) is 9.40. The number of aromatic nitrogens is 4. The normalized spacial score (nSPS) is 11.7. The van der Waals surface area contributed by atoms with Crippen LogP contribution >= 0.6 is 0 Å². The number of anilines is 1. The first-order valence-electron chi connectivity index (χ1n) is 11.0. The van der Waals surface area contributed by atoms with Crippen LogP contribution in [0.3, 0.4) is 0 Å². The molecule has 2 aromatic carbocycles. The van der Waals surface area contributed by atoms with Gasteiger partial charge < -0.3 is 9.84 Å². The Kier molecular flexibility index (Phi) is 6.49. The smallest absolute Gasteiger partial charge is 0.334 e. The van der Waals surface area contributed by atoms with E-state index < -0.39 is 28.8 Å². The van der Waals surface area contributed by atoms with Crippen molar-refractivity contribution in [3.63, 3.8) is 0 Å². The van der Waals surface area contributed by atoms with Gasteiger partial charge in [0.1, 0.15) is 0 Å². The van der Waals surface area contributed by atoms with E-state index in [-0.39, 0.29) is 23.2 Å². The number of carbonyl (C=O) groups excluding carboxylic acids is 1. The molecule has 0 aliphatic carbocycles. The molecular weight excluding hydrogens is 475 g/mol. The average molecular weight is 497 g/mol. The zero-order valence-corrected chi connectivity index (χ0v) is 19.8. The van der Waals surface area contributed by atoms with Gasteiger partial charge in [-0.15, -0.1) is 0 Å². The summed E-state index contributed by atoms with van der Waals surface area (Å²) in [4.78, 5) is 30.2. The third kappa shape index (κ3) is 4.90. The lowest BCUT2D eigenvalue weighted by Crippen LogP contribution is -2.27. The van der Waals surface area contributed by atoms with Gasteiger partial charge in [0.15, 0.2) is 11.5 Å². The number of halogens is 3. The van der Waals surface area contributed by atoms with Gasteiger partial charge in [0.05, 0.1) is 22.5 Å². The highest BCUT2D eigenvalue weighted by atomic mass is 19.4. The molecule has 11 heteroatoms. The van der Waals surface area contributed by atoms with Crippen LogP contribution in [-0.4, -0.2) is 25.8 Å². The first-order valence-corrected chi connectivity index (χ1v) is 11.0. The van der Waals surface area contributed by atoms with Crippen LogP contribution in [0, 0.1) is 13.8 Å². The van der Waals surface area contributed by atoms with Gasteiger partial charge in [-0.3, -0.25) is 9.59 Å². The number of hydrogen-bond donors (Lipinski definition) is 1. The summed E-state index contributed by atoms with van der Waals surface area (Å²) >= 11 is 0. The highest BCUT2D eigenvalue weighted by Crippen LogP contribution is 2.32. The fourth-order valence-corrected chi connectivity index (χ4v) is 3.54. The Bertz CT molecular complexity index is 1510. The summed E-state index contributed by atoms with van der Waals surface area (Å²) in [5.74, 6) is -0.125. The molecule has 0 radical (unpaired) electrons. The molecular formula is C25H22F3N5O3. The molecule has 0 fully saturated rings. The van der Waals surface area contributed by atoms with Crippen molar-refractivity contribution in [3.05, 3.63) is 87.1 Å². The Morgan fingerprint density at radius 3 is 2.47 bits per heavy atom. The predicted molar refractivity (Wildman–Crippen MR) is 126 cm³/mol. The van der Waals surface area contributed by atoms with E-state index in [2.05, 4.69) is 20.6 Å². The summed E-state index contributed by atoms with van der Waals surface area (Å²) in [6, 6.07) is 10.8. The van der Waals surface area contributed by atoms with Crippen molar-refractivity contribution in [1.82, 2.24) is 19.9 Å². The molecule has 4 rings (SSSR count). The molecule has 0 bridgehead atoms. The van der Waals surface area contributed by atoms with Crippen molar-refractivity contribution in [2.24, 2.45) is 0 Å². The van der Waals surface area contributed by atoms with Crippen LogP contribution in [0.2, 0.25) is 0 Å². The van der Waals surface area contributed by atoms with Crippen LogP contribution in [0.15, 0.2) is 57.8 Å². The first-order chi connectivity index (χ1) is 17.0. The van der Waals surface area contributed by atoms with E-state index in [1.165, 1.54) is 19.1 Å². The largest absolute Gasteiger partial charge is 0.416 e. The number of amides is 1. The maximum absolute atomic E-state index is 13.2. The summed E-state index contributed by atoms with van der Waals surface area (Å²) in [5, 5.41) is 10.7. The number of para-hydroxylation sites is 1. The van der Waals surface area contributed by atoms with Crippen LogP contribution in [-0.2, 0) is 6.18 Å². The van der Waals surface area contributed by atoms with Gasteiger partial charge in [-0.1, -0.05) is 37.2 Å². The van der Waals surface area contributed by atoms with Gasteiger partial charge in [-0.2, -0.15) is 23.3 Å². The van der Waals surface area contributed by atoms with E-state index in [9.17, 15) is 22.8 Å². The minimum absolute atomic E-state index is 0.0245. The van der Waals surface area contributed by atoms with Gasteiger partial charge in [0.2, 0.25) is 5.43 Å². The molecule has 1 amide bonds. The number of aryl methyl sites for hydroxylation is 2. The summed E-state index contributed by atoms with van der Waals surface area (Å²) in [6.45, 7) is 7.08. The number of carbonyl (C=O) groups is 1. The maximum atomic E-state index is 13.2. The Hall–Kier alpha value is -4.28. The topological polar surface area (TPSA) is 103 Å². The summed E-state index contributed by atoms with van der Waals surface area (Å²) in [6.07, 6.45) is -4.56. The van der Waals surface area contributed by atoms with E-state index >= 15 is 0 Å². The Labute approximate surface area is 203 Å². The van der Waals surface area contributed by atoms with Crippen molar-refractivity contribution in [1.29, 1.82) is 0 Å². The zero-order chi connectivity index (χ0) is 26.2. The SMILES string of the molecule is Cc1cccc(-c2nc(C(C)C)no2)c1NC(=O)c1nn(-c2cccc(C(F)(F)F)c2)c(C)cc1=O. The van der Waals surface area contributed by atoms with Crippen LogP contribution in [0.4, 0.5) is 18.9 Å². The molecule has 0 saturated heterocycles. The van der Waals surface area contributed by atoms with Crippen LogP contribution in [0.5, 0.6) is 0 Å². The second-order valence-electron chi connectivity index (χ2n) is 8.52. The van der Waals surface area contributed by atoms with E-state index in [0.717, 1.165) is 22.9 Å². The molecule has 0 aliphatic rings. The predicted octanol–water partition coefficient (Wildman–Crippen LogP) is 5.29. The van der Waals surface area contributed by atoms with Crippen molar-refractivity contribution in [2.45, 2.75) is 39.8 Å². The number of nitrogens with zero attached hydrogens (tertiary/aromatic N) is 4. The molecule has 0 aliphatic heterocycles. The lowest BCUT2D eigenvalue weighted by atomic mass is 10.1. The average Bonchev–Trinajstić information content (AvgIpc) is 3.30. The first kappa shape index (κ1) is 24.8. The van der Waals surface area contributed by atoms with Crippen molar-refractivity contribution < 1.29 is 22.5 Å². The Morgan fingerprint density at radius 2 is 1.81 bits per heavy atom. The van der Waals surface area contributed by atoms with Gasteiger partial charge in [0.25, 0.3) is 11.8 Å². The molecule has 8 nitrogen and oxygen atoms in total. The highest BCUT2D eigenvalue weighted by Gasteiger charge is 2.31. The van der Waals surface area contributed by atoms with Crippen LogP contribution in [0.25, 0.3) is 17.1 Å². The maximum Gasteiger partial charge on any atom is 0.416 e. The number of hydrogen-bond acceptors (Lipinski definition) is 6. The standard InChI is InChI=1S/C25H22F3N5O3/c1-13(2)22-30-24(36-32-22)18-10-5-7-14(3)20(18)29-23(35)21-19(34)11-15(4)33(31-21)17-9-6-8-16(12-17)25(26,27)28/h5-13H,1-4H3,(H,29,35). The van der Waals surface area contributed by atoms with E-state index in [1.54, 1.807) is 25.1 Å². The van der Waals surface area contributed by atoms with Crippen molar-refractivity contribution in [3.8, 4) is 17.1 Å². The molecule has 4 aromatic rings. The number of alkyl halides is 3. The van der Waals surface area contributed by atoms with E-state index in [4.69, 9.17) is 4.52 Å². The lowest BCUT2D eigenvalue weighted by Gasteiger charge is -2.15.